The second-order valence-corrected chi connectivity index (χ2v) is 9.37. The molecule has 0 radical (unpaired) electrons. The fourth-order valence-corrected chi connectivity index (χ4v) is 5.11. The predicted octanol–water partition coefficient (Wildman–Crippen LogP) is 2.27. The van der Waals surface area contributed by atoms with E-state index < -0.39 is 16.1 Å². The van der Waals surface area contributed by atoms with Crippen LogP contribution in [0.3, 0.4) is 0 Å². The summed E-state index contributed by atoms with van der Waals surface area (Å²) in [6.45, 7) is 6.89. The van der Waals surface area contributed by atoms with Crippen LogP contribution < -0.4 is 10.6 Å². The SMILES string of the molecule is C=CC(=O)Nc1ccc(S(=O)(=O)N(C)C(c2cncc(C)n2)C2CCCNC2)cc1. The molecule has 1 amide bonds. The molecule has 2 unspecified atom stereocenters. The lowest BCUT2D eigenvalue weighted by molar-refractivity contribution is -0.111. The van der Waals surface area contributed by atoms with Crippen molar-refractivity contribution in [3.8, 4) is 0 Å². The lowest BCUT2D eigenvalue weighted by Crippen LogP contribution is -2.42. The number of sulfonamides is 1. The second-order valence-electron chi connectivity index (χ2n) is 7.38. The molecule has 3 rings (SSSR count). The summed E-state index contributed by atoms with van der Waals surface area (Å²) < 4.78 is 28.2. The fourth-order valence-electron chi connectivity index (χ4n) is 3.72. The van der Waals surface area contributed by atoms with E-state index in [9.17, 15) is 13.2 Å². The van der Waals surface area contributed by atoms with Gasteiger partial charge >= 0.3 is 0 Å². The molecule has 1 saturated heterocycles. The van der Waals surface area contributed by atoms with Crippen LogP contribution in [0.1, 0.15) is 30.3 Å². The predicted molar refractivity (Wildman–Crippen MR) is 115 cm³/mol. The van der Waals surface area contributed by atoms with Gasteiger partial charge in [0.1, 0.15) is 0 Å². The Morgan fingerprint density at radius 1 is 1.33 bits per heavy atom. The highest BCUT2D eigenvalue weighted by molar-refractivity contribution is 7.89. The van der Waals surface area contributed by atoms with E-state index in [0.29, 0.717) is 17.9 Å². The number of anilines is 1. The molecule has 1 aromatic carbocycles. The Kier molecular flexibility index (Phi) is 6.96. The molecule has 0 aliphatic carbocycles. The molecule has 8 nitrogen and oxygen atoms in total. The van der Waals surface area contributed by atoms with Crippen molar-refractivity contribution >= 4 is 21.6 Å². The molecule has 1 fully saturated rings. The lowest BCUT2D eigenvalue weighted by atomic mass is 9.90. The molecule has 1 aromatic heterocycles. The zero-order valence-electron chi connectivity index (χ0n) is 17.2. The van der Waals surface area contributed by atoms with Gasteiger partial charge in [0.05, 0.1) is 28.5 Å². The van der Waals surface area contributed by atoms with Crippen molar-refractivity contribution < 1.29 is 13.2 Å². The van der Waals surface area contributed by atoms with Gasteiger partial charge in [0.25, 0.3) is 0 Å². The van der Waals surface area contributed by atoms with Crippen LogP contribution >= 0.6 is 0 Å². The Bertz CT molecular complexity index is 1000. The fraction of sp³-hybridized carbons (Fsp3) is 0.381. The van der Waals surface area contributed by atoms with E-state index in [0.717, 1.165) is 31.2 Å². The maximum Gasteiger partial charge on any atom is 0.247 e. The van der Waals surface area contributed by atoms with Crippen LogP contribution in [0, 0.1) is 12.8 Å². The molecule has 2 N–H and O–H groups in total. The first-order chi connectivity index (χ1) is 14.3. The Morgan fingerprint density at radius 3 is 2.67 bits per heavy atom. The highest BCUT2D eigenvalue weighted by Gasteiger charge is 2.36. The third kappa shape index (κ3) is 4.92. The zero-order valence-corrected chi connectivity index (χ0v) is 18.0. The Morgan fingerprint density at radius 2 is 2.07 bits per heavy atom. The molecule has 1 aliphatic rings. The molecule has 2 heterocycles. The highest BCUT2D eigenvalue weighted by Crippen LogP contribution is 2.34. The maximum atomic E-state index is 13.4. The first kappa shape index (κ1) is 22.1. The summed E-state index contributed by atoms with van der Waals surface area (Å²) in [5.74, 6) is -0.272. The van der Waals surface area contributed by atoms with Crippen LogP contribution in [0.4, 0.5) is 5.69 Å². The Hall–Kier alpha value is -2.62. The molecular weight excluding hydrogens is 402 g/mol. The summed E-state index contributed by atoms with van der Waals surface area (Å²) in [6, 6.07) is 5.67. The number of amides is 1. The molecule has 160 valence electrons. The van der Waals surface area contributed by atoms with E-state index in [1.807, 2.05) is 6.92 Å². The summed E-state index contributed by atoms with van der Waals surface area (Å²) in [4.78, 5) is 20.4. The molecule has 0 bridgehead atoms. The molecule has 2 aromatic rings. The molecular formula is C21H27N5O3S. The number of rotatable bonds is 7. The highest BCUT2D eigenvalue weighted by atomic mass is 32.2. The van der Waals surface area contributed by atoms with Gasteiger partial charge in [-0.25, -0.2) is 8.42 Å². The van der Waals surface area contributed by atoms with Gasteiger partial charge in [-0.05, 0) is 69.1 Å². The number of benzene rings is 1. The van der Waals surface area contributed by atoms with Crippen LogP contribution in [-0.2, 0) is 14.8 Å². The van der Waals surface area contributed by atoms with Gasteiger partial charge in [0.2, 0.25) is 15.9 Å². The third-order valence-electron chi connectivity index (χ3n) is 5.23. The van der Waals surface area contributed by atoms with Gasteiger partial charge in [-0.3, -0.25) is 14.8 Å². The normalized spacial score (nSPS) is 18.0. The summed E-state index contributed by atoms with van der Waals surface area (Å²) in [6.07, 6.45) is 6.34. The monoisotopic (exact) mass is 429 g/mol. The average molecular weight is 430 g/mol. The van der Waals surface area contributed by atoms with E-state index in [-0.39, 0.29) is 16.7 Å². The minimum Gasteiger partial charge on any atom is -0.323 e. The van der Waals surface area contributed by atoms with Crippen LogP contribution in [0.25, 0.3) is 0 Å². The quantitative estimate of drug-likeness (QED) is 0.655. The topological polar surface area (TPSA) is 104 Å². The molecule has 9 heteroatoms. The Labute approximate surface area is 177 Å². The van der Waals surface area contributed by atoms with Crippen molar-refractivity contribution in [2.24, 2.45) is 5.92 Å². The van der Waals surface area contributed by atoms with E-state index >= 15 is 0 Å². The summed E-state index contributed by atoms with van der Waals surface area (Å²) in [5.41, 5.74) is 1.89. The van der Waals surface area contributed by atoms with Crippen molar-refractivity contribution in [1.29, 1.82) is 0 Å². The molecule has 1 aliphatic heterocycles. The standard InChI is InChI=1S/C21H27N5O3S/c1-4-20(27)25-17-7-9-18(10-8-17)30(28,29)26(3)21(16-6-5-11-22-13-16)19-14-23-12-15(2)24-19/h4,7-10,12,14,16,21-22H,1,5-6,11,13H2,2-3H3,(H,25,27). The summed E-state index contributed by atoms with van der Waals surface area (Å²) in [5, 5.41) is 5.97. The van der Waals surface area contributed by atoms with Crippen molar-refractivity contribution in [2.45, 2.75) is 30.7 Å². The third-order valence-corrected chi connectivity index (χ3v) is 7.09. The number of nitrogens with zero attached hydrogens (tertiary/aromatic N) is 3. The number of carbonyl (C=O) groups excluding carboxylic acids is 1. The molecule has 30 heavy (non-hydrogen) atoms. The summed E-state index contributed by atoms with van der Waals surface area (Å²) >= 11 is 0. The van der Waals surface area contributed by atoms with E-state index in [1.165, 1.54) is 16.4 Å². The smallest absolute Gasteiger partial charge is 0.247 e. The number of aromatic nitrogens is 2. The van der Waals surface area contributed by atoms with Gasteiger partial charge < -0.3 is 10.6 Å². The van der Waals surface area contributed by atoms with Gasteiger partial charge in [-0.2, -0.15) is 4.31 Å². The average Bonchev–Trinajstić information content (AvgIpc) is 2.75. The van der Waals surface area contributed by atoms with Crippen LogP contribution in [-0.4, -0.2) is 48.7 Å². The largest absolute Gasteiger partial charge is 0.323 e. The van der Waals surface area contributed by atoms with Crippen LogP contribution in [0.5, 0.6) is 0 Å². The zero-order chi connectivity index (χ0) is 21.7. The van der Waals surface area contributed by atoms with Crippen LogP contribution in [0.2, 0.25) is 0 Å². The number of hydrogen-bond acceptors (Lipinski definition) is 6. The van der Waals surface area contributed by atoms with Crippen molar-refractivity contribution in [3.63, 3.8) is 0 Å². The van der Waals surface area contributed by atoms with Gasteiger partial charge in [0.15, 0.2) is 0 Å². The molecule has 2 atom stereocenters. The minimum atomic E-state index is -3.79. The van der Waals surface area contributed by atoms with Gasteiger partial charge in [0, 0.05) is 18.9 Å². The number of piperidine rings is 1. The lowest BCUT2D eigenvalue weighted by Gasteiger charge is -2.35. The molecule has 0 saturated carbocycles. The number of hydrogen-bond donors (Lipinski definition) is 2. The van der Waals surface area contributed by atoms with Crippen molar-refractivity contribution in [2.75, 3.05) is 25.5 Å². The number of nitrogens with one attached hydrogen (secondary N) is 2. The first-order valence-corrected chi connectivity index (χ1v) is 11.3. The van der Waals surface area contributed by atoms with E-state index in [2.05, 4.69) is 27.2 Å². The number of carbonyl (C=O) groups is 1. The Balaban J connectivity index is 1.93. The van der Waals surface area contributed by atoms with Gasteiger partial charge in [-0.15, -0.1) is 0 Å². The first-order valence-electron chi connectivity index (χ1n) is 9.83. The van der Waals surface area contributed by atoms with Crippen molar-refractivity contribution in [3.05, 3.63) is 60.7 Å². The molecule has 0 spiro atoms. The number of aryl methyl sites for hydroxylation is 1. The summed E-state index contributed by atoms with van der Waals surface area (Å²) in [7, 11) is -2.21. The van der Waals surface area contributed by atoms with Gasteiger partial charge in [-0.1, -0.05) is 6.58 Å². The van der Waals surface area contributed by atoms with Crippen molar-refractivity contribution in [1.82, 2.24) is 19.6 Å². The minimum absolute atomic E-state index is 0.0841. The second kappa shape index (κ2) is 9.46. The maximum absolute atomic E-state index is 13.4. The van der Waals surface area contributed by atoms with Crippen LogP contribution in [0.15, 0.2) is 54.2 Å². The van der Waals surface area contributed by atoms with E-state index in [4.69, 9.17) is 0 Å². The van der Waals surface area contributed by atoms with E-state index in [1.54, 1.807) is 31.6 Å².